The fraction of sp³-hybridized carbons (Fsp3) is 0.613. The van der Waals surface area contributed by atoms with Gasteiger partial charge in [-0.25, -0.2) is 8.42 Å². The molecule has 1 aromatic heterocycles. The molecule has 0 bridgehead atoms. The zero-order valence-corrected chi connectivity index (χ0v) is 25.6. The van der Waals surface area contributed by atoms with Crippen LogP contribution in [-0.4, -0.2) is 50.4 Å². The van der Waals surface area contributed by atoms with Gasteiger partial charge in [0.25, 0.3) is 5.15 Å². The van der Waals surface area contributed by atoms with Crippen LogP contribution in [0.5, 0.6) is 0 Å². The number of pyridine rings is 1. The van der Waals surface area contributed by atoms with Gasteiger partial charge in [0.2, 0.25) is 11.6 Å². The van der Waals surface area contributed by atoms with Crippen molar-refractivity contribution in [1.29, 1.82) is 0 Å². The molecule has 2 saturated heterocycles. The van der Waals surface area contributed by atoms with Crippen molar-refractivity contribution in [3.05, 3.63) is 64.4 Å². The van der Waals surface area contributed by atoms with Crippen molar-refractivity contribution in [1.82, 2.24) is 14.9 Å². The molecule has 0 radical (unpaired) electrons. The summed E-state index contributed by atoms with van der Waals surface area (Å²) in [5.74, 6) is 0.492. The Balaban J connectivity index is 1.31. The minimum atomic E-state index is -5.59. The van der Waals surface area contributed by atoms with Gasteiger partial charge in [-0.2, -0.15) is 22.9 Å². The van der Waals surface area contributed by atoms with Crippen LogP contribution in [0, 0.1) is 11.8 Å². The maximum Gasteiger partial charge on any atom is 0.511 e. The Morgan fingerprint density at radius 2 is 1.79 bits per heavy atom. The first kappa shape index (κ1) is 30.8. The average Bonchev–Trinajstić information content (AvgIpc) is 3.42. The van der Waals surface area contributed by atoms with Crippen LogP contribution in [0.25, 0.3) is 0 Å². The number of carbonyl (C=O) groups is 1. The predicted octanol–water partition coefficient (Wildman–Crippen LogP) is 5.24. The van der Waals surface area contributed by atoms with E-state index in [4.69, 9.17) is 11.6 Å². The van der Waals surface area contributed by atoms with E-state index in [1.165, 1.54) is 24.8 Å². The molecule has 1 amide bonds. The van der Waals surface area contributed by atoms with E-state index in [9.17, 15) is 26.4 Å². The summed E-state index contributed by atoms with van der Waals surface area (Å²) >= 11 is 6.24. The number of halogens is 4. The molecule has 3 heterocycles. The molecule has 43 heavy (non-hydrogen) atoms. The van der Waals surface area contributed by atoms with Crippen molar-refractivity contribution in [3.8, 4) is 0 Å². The van der Waals surface area contributed by atoms with E-state index in [0.717, 1.165) is 25.7 Å². The molecular weight excluding hydrogens is 601 g/mol. The summed E-state index contributed by atoms with van der Waals surface area (Å²) in [7, 11) is -5.59. The SMILES string of the molecule is O=C(C1CNC[C@]12CCC(NS(=O)(=O)C(F)(F)F)c1[nH+]c(Cl)ccc12)N1CC[C@@H](c2ccccc2)C[C@H]1C1CCCCC1. The fourth-order valence-corrected chi connectivity index (χ4v) is 9.25. The van der Waals surface area contributed by atoms with Gasteiger partial charge in [0.05, 0.1) is 5.92 Å². The van der Waals surface area contributed by atoms with E-state index < -0.39 is 32.9 Å². The van der Waals surface area contributed by atoms with Crippen molar-refractivity contribution in [2.45, 2.75) is 86.7 Å². The highest BCUT2D eigenvalue weighted by molar-refractivity contribution is 7.90. The van der Waals surface area contributed by atoms with Crippen molar-refractivity contribution in [3.63, 3.8) is 0 Å². The molecule has 2 aromatic rings. The first-order valence-corrected chi connectivity index (χ1v) is 17.2. The Kier molecular flexibility index (Phi) is 8.56. The van der Waals surface area contributed by atoms with Crippen LogP contribution < -0.4 is 15.0 Å². The molecule has 12 heteroatoms. The Morgan fingerprint density at radius 1 is 1.05 bits per heavy atom. The van der Waals surface area contributed by atoms with Crippen LogP contribution in [0.4, 0.5) is 13.2 Å². The first-order chi connectivity index (χ1) is 20.5. The lowest BCUT2D eigenvalue weighted by Gasteiger charge is -2.48. The van der Waals surface area contributed by atoms with Crippen molar-refractivity contribution in [2.24, 2.45) is 11.8 Å². The maximum atomic E-state index is 14.7. The summed E-state index contributed by atoms with van der Waals surface area (Å²) in [6, 6.07) is 12.9. The first-order valence-electron chi connectivity index (χ1n) is 15.4. The summed E-state index contributed by atoms with van der Waals surface area (Å²) in [4.78, 5) is 19.8. The Hall–Kier alpha value is -2.21. The third-order valence-electron chi connectivity index (χ3n) is 10.5. The number of fused-ring (bicyclic) bond motifs is 2. The number of hydrogen-bond acceptors (Lipinski definition) is 4. The quantitative estimate of drug-likeness (QED) is 0.438. The number of nitrogens with one attached hydrogen (secondary N) is 3. The van der Waals surface area contributed by atoms with Crippen molar-refractivity contribution < 1.29 is 31.4 Å². The van der Waals surface area contributed by atoms with Crippen LogP contribution in [0.1, 0.15) is 86.6 Å². The van der Waals surface area contributed by atoms with Gasteiger partial charge in [0.15, 0.2) is 0 Å². The third-order valence-corrected chi connectivity index (χ3v) is 11.9. The van der Waals surface area contributed by atoms with Gasteiger partial charge in [-0.15, -0.1) is 0 Å². The molecule has 7 nitrogen and oxygen atoms in total. The number of alkyl halides is 3. The molecule has 5 atom stereocenters. The molecule has 2 aliphatic carbocycles. The number of hydrogen-bond donors (Lipinski definition) is 2. The lowest BCUT2D eigenvalue weighted by molar-refractivity contribution is -0.393. The van der Waals surface area contributed by atoms with Crippen LogP contribution in [0.15, 0.2) is 42.5 Å². The minimum Gasteiger partial charge on any atom is -0.339 e. The smallest absolute Gasteiger partial charge is 0.339 e. The van der Waals surface area contributed by atoms with Crippen LogP contribution in [0.3, 0.4) is 0 Å². The number of carbonyl (C=O) groups excluding carboxylic acids is 1. The number of H-pyrrole nitrogens is 1. The lowest BCUT2D eigenvalue weighted by atomic mass is 9.64. The largest absolute Gasteiger partial charge is 0.511 e. The van der Waals surface area contributed by atoms with Crippen molar-refractivity contribution >= 4 is 27.5 Å². The van der Waals surface area contributed by atoms with Gasteiger partial charge in [-0.1, -0.05) is 49.6 Å². The van der Waals surface area contributed by atoms with Gasteiger partial charge < -0.3 is 10.2 Å². The zero-order chi connectivity index (χ0) is 30.4. The molecule has 3 fully saturated rings. The Labute approximate surface area is 256 Å². The number of nitrogens with zero attached hydrogens (tertiary/aromatic N) is 1. The lowest BCUT2D eigenvalue weighted by Crippen LogP contribution is -2.56. The van der Waals surface area contributed by atoms with E-state index in [2.05, 4.69) is 39.5 Å². The van der Waals surface area contributed by atoms with E-state index in [-0.39, 0.29) is 23.5 Å². The summed E-state index contributed by atoms with van der Waals surface area (Å²) < 4.78 is 65.8. The van der Waals surface area contributed by atoms with Crippen LogP contribution >= 0.6 is 11.6 Å². The molecule has 1 spiro atoms. The number of rotatable bonds is 5. The Morgan fingerprint density at radius 3 is 2.51 bits per heavy atom. The maximum absolute atomic E-state index is 14.7. The number of aromatic amines is 1. The third kappa shape index (κ3) is 5.82. The molecule has 2 unspecified atom stereocenters. The zero-order valence-electron chi connectivity index (χ0n) is 24.0. The van der Waals surface area contributed by atoms with E-state index in [0.29, 0.717) is 49.1 Å². The van der Waals surface area contributed by atoms with Crippen LogP contribution in [0.2, 0.25) is 5.15 Å². The summed E-state index contributed by atoms with van der Waals surface area (Å²) in [5.41, 5.74) is -3.88. The highest BCUT2D eigenvalue weighted by Gasteiger charge is 2.57. The highest BCUT2D eigenvalue weighted by Crippen LogP contribution is 2.49. The van der Waals surface area contributed by atoms with Gasteiger partial charge in [-0.05, 0) is 73.6 Å². The molecule has 3 N–H and O–H groups in total. The number of likely N-dealkylation sites (tertiary alicyclic amines) is 1. The van der Waals surface area contributed by atoms with Gasteiger partial charge >= 0.3 is 15.5 Å². The van der Waals surface area contributed by atoms with E-state index in [1.54, 1.807) is 12.1 Å². The Bertz CT molecular complexity index is 1440. The topological polar surface area (TPSA) is 92.7 Å². The number of amides is 1. The second-order valence-corrected chi connectivity index (χ2v) is 14.9. The van der Waals surface area contributed by atoms with Gasteiger partial charge in [-0.3, -0.25) is 4.79 Å². The second kappa shape index (κ2) is 11.9. The second-order valence-electron chi connectivity index (χ2n) is 12.8. The normalized spacial score (nSPS) is 30.4. The summed E-state index contributed by atoms with van der Waals surface area (Å²) in [5, 5.41) is 3.59. The standard InChI is InChI=1S/C31H38ClF3N4O3S/c32-27-12-11-23-28(37-27)25(38-43(41,42)31(33,34)35)13-15-30(23)19-36-18-24(30)29(40)39-16-14-22(20-7-3-1-4-8-20)17-26(39)21-9-5-2-6-10-21/h1,3-4,7-8,11-12,21-22,24-26,36,38H,2,5-6,9-10,13-19H2/p+1/t22-,24?,25?,26+,30+/m1/s1. The molecule has 4 aliphatic rings. The summed E-state index contributed by atoms with van der Waals surface area (Å²) in [6.45, 7) is 1.59. The fourth-order valence-electron chi connectivity index (χ4n) is 8.34. The monoisotopic (exact) mass is 639 g/mol. The molecule has 1 saturated carbocycles. The minimum absolute atomic E-state index is 0.0855. The molecule has 2 aliphatic heterocycles. The number of sulfonamides is 1. The highest BCUT2D eigenvalue weighted by atomic mass is 35.5. The molecule has 234 valence electrons. The van der Waals surface area contributed by atoms with Crippen molar-refractivity contribution in [2.75, 3.05) is 19.6 Å². The van der Waals surface area contributed by atoms with Gasteiger partial charge in [0, 0.05) is 42.7 Å². The van der Waals surface area contributed by atoms with E-state index in [1.807, 2.05) is 10.8 Å². The van der Waals surface area contributed by atoms with Gasteiger partial charge in [0.1, 0.15) is 6.04 Å². The number of benzene rings is 1. The molecular formula is C31H39ClF3N4O3S+. The predicted molar refractivity (Wildman–Crippen MR) is 157 cm³/mol. The molecule has 6 rings (SSSR count). The number of piperidine rings is 1. The average molecular weight is 640 g/mol. The van der Waals surface area contributed by atoms with E-state index >= 15 is 0 Å². The van der Waals surface area contributed by atoms with Crippen LogP contribution in [-0.2, 0) is 20.2 Å². The number of aromatic nitrogens is 1. The molecule has 1 aromatic carbocycles. The summed E-state index contributed by atoms with van der Waals surface area (Å²) in [6.07, 6.45) is 8.07.